The lowest BCUT2D eigenvalue weighted by Crippen LogP contribution is -2.38. The molecule has 0 aromatic heterocycles. The molecule has 22 heavy (non-hydrogen) atoms. The Kier molecular flexibility index (Phi) is 4.93. The van der Waals surface area contributed by atoms with Gasteiger partial charge in [-0.3, -0.25) is 4.79 Å². The summed E-state index contributed by atoms with van der Waals surface area (Å²) in [5.41, 5.74) is 0.865. The number of amides is 1. The molecule has 1 unspecified atom stereocenters. The zero-order valence-electron chi connectivity index (χ0n) is 12.8. The van der Waals surface area contributed by atoms with Crippen LogP contribution in [-0.4, -0.2) is 17.6 Å². The van der Waals surface area contributed by atoms with E-state index < -0.39 is 5.60 Å². The second kappa shape index (κ2) is 6.71. The fourth-order valence-corrected chi connectivity index (χ4v) is 2.31. The number of hydrogen-bond acceptors (Lipinski definition) is 2. The van der Waals surface area contributed by atoms with Gasteiger partial charge >= 0.3 is 0 Å². The first-order valence-electron chi connectivity index (χ1n) is 7.28. The van der Waals surface area contributed by atoms with Crippen LogP contribution in [0.5, 0.6) is 0 Å². The van der Waals surface area contributed by atoms with Crippen LogP contribution < -0.4 is 5.32 Å². The van der Waals surface area contributed by atoms with Gasteiger partial charge in [0.15, 0.2) is 0 Å². The van der Waals surface area contributed by atoms with E-state index in [4.69, 9.17) is 0 Å². The van der Waals surface area contributed by atoms with E-state index in [0.29, 0.717) is 11.1 Å². The molecule has 1 amide bonds. The Hall–Kier alpha value is -2.20. The molecular formula is C18H20FNO2. The van der Waals surface area contributed by atoms with Gasteiger partial charge < -0.3 is 10.4 Å². The van der Waals surface area contributed by atoms with E-state index in [2.05, 4.69) is 5.32 Å². The topological polar surface area (TPSA) is 49.3 Å². The number of carbonyl (C=O) groups excluding carboxylic acids is 1. The molecule has 2 N–H and O–H groups in total. The lowest BCUT2D eigenvalue weighted by molar-refractivity contribution is 0.0525. The molecule has 0 saturated carbocycles. The fourth-order valence-electron chi connectivity index (χ4n) is 2.31. The molecule has 116 valence electrons. The number of benzene rings is 2. The molecule has 0 saturated heterocycles. The first kappa shape index (κ1) is 16.2. The first-order chi connectivity index (χ1) is 10.4. The molecule has 0 aliphatic rings. The van der Waals surface area contributed by atoms with Gasteiger partial charge in [0.25, 0.3) is 5.91 Å². The molecule has 0 aliphatic heterocycles. The second-order valence-corrected chi connectivity index (χ2v) is 5.47. The van der Waals surface area contributed by atoms with Crippen molar-refractivity contribution in [2.24, 2.45) is 0 Å². The summed E-state index contributed by atoms with van der Waals surface area (Å²) in [6.45, 7) is 3.63. The summed E-state index contributed by atoms with van der Waals surface area (Å²) in [5.74, 6) is -0.583. The minimum absolute atomic E-state index is 0.0511. The molecular weight excluding hydrogens is 281 g/mol. The van der Waals surface area contributed by atoms with E-state index >= 15 is 0 Å². The van der Waals surface area contributed by atoms with Crippen LogP contribution in [0.4, 0.5) is 4.39 Å². The van der Waals surface area contributed by atoms with Crippen molar-refractivity contribution in [1.82, 2.24) is 5.32 Å². The highest BCUT2D eigenvalue weighted by atomic mass is 19.1. The maximum atomic E-state index is 12.9. The number of aliphatic hydroxyl groups is 1. The highest BCUT2D eigenvalue weighted by molar-refractivity contribution is 5.95. The first-order valence-corrected chi connectivity index (χ1v) is 7.28. The molecule has 0 bridgehead atoms. The average molecular weight is 301 g/mol. The van der Waals surface area contributed by atoms with Crippen LogP contribution in [0.25, 0.3) is 0 Å². The third kappa shape index (κ3) is 3.71. The highest BCUT2D eigenvalue weighted by Crippen LogP contribution is 2.20. The molecule has 3 nitrogen and oxygen atoms in total. The van der Waals surface area contributed by atoms with Gasteiger partial charge in [0.2, 0.25) is 0 Å². The summed E-state index contributed by atoms with van der Waals surface area (Å²) in [6, 6.07) is 13.0. The zero-order valence-corrected chi connectivity index (χ0v) is 12.8. The summed E-state index contributed by atoms with van der Waals surface area (Å²) >= 11 is 0. The lowest BCUT2D eigenvalue weighted by atomic mass is 9.95. The van der Waals surface area contributed by atoms with Crippen LogP contribution in [0.2, 0.25) is 0 Å². The maximum Gasteiger partial charge on any atom is 0.251 e. The Morgan fingerprint density at radius 1 is 1.18 bits per heavy atom. The molecule has 2 aromatic carbocycles. The fraction of sp³-hybridized carbons (Fsp3) is 0.278. The molecule has 0 aliphatic carbocycles. The van der Waals surface area contributed by atoms with Gasteiger partial charge in [-0.15, -0.1) is 0 Å². The van der Waals surface area contributed by atoms with E-state index in [1.165, 1.54) is 24.3 Å². The standard InChI is InChI=1S/C18H20FNO2/c1-3-13-6-4-5-7-16(13)17(21)20-12-18(2,22)14-8-10-15(19)11-9-14/h4-11,22H,3,12H2,1-2H3,(H,20,21). The van der Waals surface area contributed by atoms with Crippen LogP contribution in [0.1, 0.15) is 35.3 Å². The van der Waals surface area contributed by atoms with Crippen LogP contribution in [0, 0.1) is 5.82 Å². The Morgan fingerprint density at radius 2 is 1.82 bits per heavy atom. The molecule has 0 fully saturated rings. The van der Waals surface area contributed by atoms with Gasteiger partial charge in [-0.2, -0.15) is 0 Å². The molecule has 0 heterocycles. The van der Waals surface area contributed by atoms with Crippen molar-refractivity contribution >= 4 is 5.91 Å². The normalized spacial score (nSPS) is 13.5. The number of rotatable bonds is 5. The molecule has 4 heteroatoms. The van der Waals surface area contributed by atoms with Gasteiger partial charge in [0, 0.05) is 5.56 Å². The molecule has 2 rings (SSSR count). The van der Waals surface area contributed by atoms with Crippen molar-refractivity contribution in [3.05, 3.63) is 71.0 Å². The SMILES string of the molecule is CCc1ccccc1C(=O)NCC(C)(O)c1ccc(F)cc1. The van der Waals surface area contributed by atoms with Crippen molar-refractivity contribution in [3.8, 4) is 0 Å². The number of hydrogen-bond donors (Lipinski definition) is 2. The van der Waals surface area contributed by atoms with Gasteiger partial charge in [-0.1, -0.05) is 37.3 Å². The summed E-state index contributed by atoms with van der Waals surface area (Å²) in [7, 11) is 0. The second-order valence-electron chi connectivity index (χ2n) is 5.47. The van der Waals surface area contributed by atoms with E-state index in [1.807, 2.05) is 25.1 Å². The number of nitrogens with one attached hydrogen (secondary N) is 1. The molecule has 1 atom stereocenters. The maximum absolute atomic E-state index is 12.9. The van der Waals surface area contributed by atoms with Crippen molar-refractivity contribution in [2.75, 3.05) is 6.54 Å². The van der Waals surface area contributed by atoms with Crippen molar-refractivity contribution in [2.45, 2.75) is 25.9 Å². The van der Waals surface area contributed by atoms with Crippen LogP contribution in [0.15, 0.2) is 48.5 Å². The Bertz CT molecular complexity index is 650. The smallest absolute Gasteiger partial charge is 0.251 e. The van der Waals surface area contributed by atoms with Crippen molar-refractivity contribution in [3.63, 3.8) is 0 Å². The largest absolute Gasteiger partial charge is 0.384 e. The number of aryl methyl sites for hydroxylation is 1. The van der Waals surface area contributed by atoms with Crippen LogP contribution in [-0.2, 0) is 12.0 Å². The van der Waals surface area contributed by atoms with Gasteiger partial charge in [0.05, 0.1) is 6.54 Å². The van der Waals surface area contributed by atoms with Crippen LogP contribution >= 0.6 is 0 Å². The Morgan fingerprint density at radius 3 is 2.45 bits per heavy atom. The van der Waals surface area contributed by atoms with E-state index in [1.54, 1.807) is 13.0 Å². The molecule has 0 radical (unpaired) electrons. The minimum Gasteiger partial charge on any atom is -0.384 e. The average Bonchev–Trinajstić information content (AvgIpc) is 2.53. The van der Waals surface area contributed by atoms with E-state index in [0.717, 1.165) is 12.0 Å². The zero-order chi connectivity index (χ0) is 16.2. The van der Waals surface area contributed by atoms with E-state index in [9.17, 15) is 14.3 Å². The van der Waals surface area contributed by atoms with Gasteiger partial charge in [0.1, 0.15) is 11.4 Å². The minimum atomic E-state index is -1.26. The molecule has 0 spiro atoms. The highest BCUT2D eigenvalue weighted by Gasteiger charge is 2.24. The molecule has 2 aromatic rings. The summed E-state index contributed by atoms with van der Waals surface area (Å²) in [4.78, 5) is 12.3. The van der Waals surface area contributed by atoms with Gasteiger partial charge in [-0.25, -0.2) is 4.39 Å². The summed E-state index contributed by atoms with van der Waals surface area (Å²) < 4.78 is 12.9. The predicted molar refractivity (Wildman–Crippen MR) is 84.1 cm³/mol. The van der Waals surface area contributed by atoms with Gasteiger partial charge in [-0.05, 0) is 42.7 Å². The third-order valence-corrected chi connectivity index (χ3v) is 3.70. The quantitative estimate of drug-likeness (QED) is 0.892. The van der Waals surface area contributed by atoms with Crippen molar-refractivity contribution in [1.29, 1.82) is 0 Å². The number of halogens is 1. The Labute approximate surface area is 129 Å². The summed E-state index contributed by atoms with van der Waals surface area (Å²) in [5, 5.41) is 13.2. The predicted octanol–water partition coefficient (Wildman–Crippen LogP) is 3.03. The third-order valence-electron chi connectivity index (χ3n) is 3.70. The number of carbonyl (C=O) groups is 1. The van der Waals surface area contributed by atoms with E-state index in [-0.39, 0.29) is 18.3 Å². The van der Waals surface area contributed by atoms with Crippen LogP contribution in [0.3, 0.4) is 0 Å². The summed E-state index contributed by atoms with van der Waals surface area (Å²) in [6.07, 6.45) is 0.762. The van der Waals surface area contributed by atoms with Crippen molar-refractivity contribution < 1.29 is 14.3 Å². The monoisotopic (exact) mass is 301 g/mol. The Balaban J connectivity index is 2.08. The lowest BCUT2D eigenvalue weighted by Gasteiger charge is -2.24.